The van der Waals surface area contributed by atoms with Crippen LogP contribution in [0, 0.1) is 5.92 Å². The van der Waals surface area contributed by atoms with Crippen molar-refractivity contribution in [2.24, 2.45) is 11.7 Å². The van der Waals surface area contributed by atoms with Crippen molar-refractivity contribution in [3.05, 3.63) is 0 Å². The SMILES string of the molecule is Cl.NC1(C(=O)NCCC2CCCCC2)CCCC1. The van der Waals surface area contributed by atoms with E-state index in [2.05, 4.69) is 5.32 Å². The van der Waals surface area contributed by atoms with Crippen LogP contribution in [-0.4, -0.2) is 18.0 Å². The average molecular weight is 275 g/mol. The van der Waals surface area contributed by atoms with Crippen LogP contribution in [0.5, 0.6) is 0 Å². The van der Waals surface area contributed by atoms with Crippen molar-refractivity contribution in [1.29, 1.82) is 0 Å². The molecule has 2 aliphatic rings. The fourth-order valence-corrected chi connectivity index (χ4v) is 3.27. The van der Waals surface area contributed by atoms with Crippen LogP contribution in [-0.2, 0) is 4.79 Å². The normalized spacial score (nSPS) is 23.4. The minimum absolute atomic E-state index is 0. The van der Waals surface area contributed by atoms with E-state index in [0.29, 0.717) is 0 Å². The maximum absolute atomic E-state index is 12.0. The Labute approximate surface area is 117 Å². The van der Waals surface area contributed by atoms with E-state index in [9.17, 15) is 4.79 Å². The lowest BCUT2D eigenvalue weighted by Crippen LogP contribution is -2.52. The highest BCUT2D eigenvalue weighted by atomic mass is 35.5. The van der Waals surface area contributed by atoms with Gasteiger partial charge in [-0.25, -0.2) is 0 Å². The van der Waals surface area contributed by atoms with Gasteiger partial charge in [0.15, 0.2) is 0 Å². The highest BCUT2D eigenvalue weighted by Gasteiger charge is 2.36. The van der Waals surface area contributed by atoms with Gasteiger partial charge in [0.2, 0.25) is 5.91 Å². The van der Waals surface area contributed by atoms with Gasteiger partial charge in [0, 0.05) is 6.54 Å². The van der Waals surface area contributed by atoms with Crippen LogP contribution in [0.1, 0.15) is 64.2 Å². The molecule has 0 heterocycles. The Morgan fingerprint density at radius 2 is 1.72 bits per heavy atom. The Hall–Kier alpha value is -0.280. The summed E-state index contributed by atoms with van der Waals surface area (Å²) < 4.78 is 0. The fraction of sp³-hybridized carbons (Fsp3) is 0.929. The second-order valence-electron chi connectivity index (χ2n) is 5.91. The van der Waals surface area contributed by atoms with Crippen LogP contribution in [0.15, 0.2) is 0 Å². The van der Waals surface area contributed by atoms with Crippen LogP contribution in [0.4, 0.5) is 0 Å². The third-order valence-corrected chi connectivity index (χ3v) is 4.51. The number of carbonyl (C=O) groups excluding carboxylic acids is 1. The van der Waals surface area contributed by atoms with Crippen molar-refractivity contribution in [1.82, 2.24) is 5.32 Å². The molecule has 0 saturated heterocycles. The number of amides is 1. The molecular weight excluding hydrogens is 248 g/mol. The number of rotatable bonds is 4. The third kappa shape index (κ3) is 4.13. The molecule has 0 atom stereocenters. The first-order valence-electron chi connectivity index (χ1n) is 7.28. The van der Waals surface area contributed by atoms with Gasteiger partial charge in [-0.3, -0.25) is 4.79 Å². The molecule has 0 radical (unpaired) electrons. The molecule has 3 nitrogen and oxygen atoms in total. The molecule has 0 spiro atoms. The van der Waals surface area contributed by atoms with Gasteiger partial charge < -0.3 is 11.1 Å². The van der Waals surface area contributed by atoms with Crippen molar-refractivity contribution in [2.75, 3.05) is 6.54 Å². The van der Waals surface area contributed by atoms with Crippen molar-refractivity contribution < 1.29 is 4.79 Å². The smallest absolute Gasteiger partial charge is 0.240 e. The van der Waals surface area contributed by atoms with Crippen LogP contribution in [0.25, 0.3) is 0 Å². The molecule has 3 N–H and O–H groups in total. The van der Waals surface area contributed by atoms with Gasteiger partial charge in [-0.05, 0) is 25.2 Å². The summed E-state index contributed by atoms with van der Waals surface area (Å²) in [5.41, 5.74) is 5.56. The highest BCUT2D eigenvalue weighted by Crippen LogP contribution is 2.28. The second-order valence-corrected chi connectivity index (χ2v) is 5.91. The lowest BCUT2D eigenvalue weighted by atomic mass is 9.87. The van der Waals surface area contributed by atoms with Crippen LogP contribution in [0.3, 0.4) is 0 Å². The van der Waals surface area contributed by atoms with E-state index in [1.54, 1.807) is 0 Å². The number of nitrogens with two attached hydrogens (primary N) is 1. The quantitative estimate of drug-likeness (QED) is 0.828. The predicted molar refractivity (Wildman–Crippen MR) is 76.8 cm³/mol. The zero-order valence-corrected chi connectivity index (χ0v) is 12.1. The Balaban J connectivity index is 0.00000162. The van der Waals surface area contributed by atoms with E-state index in [-0.39, 0.29) is 18.3 Å². The summed E-state index contributed by atoms with van der Waals surface area (Å²) in [6, 6.07) is 0. The van der Waals surface area contributed by atoms with Crippen LogP contribution in [0.2, 0.25) is 0 Å². The number of nitrogens with one attached hydrogen (secondary N) is 1. The van der Waals surface area contributed by atoms with Crippen molar-refractivity contribution in [3.8, 4) is 0 Å². The topological polar surface area (TPSA) is 55.1 Å². The Morgan fingerprint density at radius 3 is 2.33 bits per heavy atom. The third-order valence-electron chi connectivity index (χ3n) is 4.51. The summed E-state index contributed by atoms with van der Waals surface area (Å²) in [7, 11) is 0. The first-order valence-corrected chi connectivity index (χ1v) is 7.28. The van der Waals surface area contributed by atoms with Gasteiger partial charge in [0.1, 0.15) is 0 Å². The van der Waals surface area contributed by atoms with Crippen molar-refractivity contribution >= 4 is 18.3 Å². The molecule has 0 bridgehead atoms. The molecule has 0 aromatic rings. The lowest BCUT2D eigenvalue weighted by Gasteiger charge is -2.24. The number of halogens is 1. The summed E-state index contributed by atoms with van der Waals surface area (Å²) in [6.45, 7) is 0.822. The fourth-order valence-electron chi connectivity index (χ4n) is 3.27. The molecule has 4 heteroatoms. The van der Waals surface area contributed by atoms with E-state index in [1.165, 1.54) is 32.1 Å². The number of carbonyl (C=O) groups is 1. The highest BCUT2D eigenvalue weighted by molar-refractivity contribution is 5.86. The molecule has 2 rings (SSSR count). The molecule has 2 aliphatic carbocycles. The monoisotopic (exact) mass is 274 g/mol. The molecule has 0 aromatic heterocycles. The second kappa shape index (κ2) is 7.34. The largest absolute Gasteiger partial charge is 0.354 e. The van der Waals surface area contributed by atoms with E-state index < -0.39 is 5.54 Å². The van der Waals surface area contributed by atoms with Crippen LogP contribution >= 0.6 is 12.4 Å². The van der Waals surface area contributed by atoms with Gasteiger partial charge in [0.25, 0.3) is 0 Å². The Morgan fingerprint density at radius 1 is 1.11 bits per heavy atom. The van der Waals surface area contributed by atoms with Crippen molar-refractivity contribution in [2.45, 2.75) is 69.7 Å². The summed E-state index contributed by atoms with van der Waals surface area (Å²) in [4.78, 5) is 12.0. The molecule has 1 amide bonds. The summed E-state index contributed by atoms with van der Waals surface area (Å²) >= 11 is 0. The summed E-state index contributed by atoms with van der Waals surface area (Å²) in [5.74, 6) is 0.923. The molecule has 0 unspecified atom stereocenters. The Bertz CT molecular complexity index is 259. The minimum atomic E-state index is -0.549. The maximum Gasteiger partial charge on any atom is 0.240 e. The van der Waals surface area contributed by atoms with Crippen LogP contribution < -0.4 is 11.1 Å². The van der Waals surface area contributed by atoms with E-state index in [4.69, 9.17) is 5.73 Å². The lowest BCUT2D eigenvalue weighted by molar-refractivity contribution is -0.126. The molecule has 2 saturated carbocycles. The van der Waals surface area contributed by atoms with Gasteiger partial charge in [-0.15, -0.1) is 12.4 Å². The molecule has 2 fully saturated rings. The molecule has 18 heavy (non-hydrogen) atoms. The number of hydrogen-bond acceptors (Lipinski definition) is 2. The molecule has 0 aromatic carbocycles. The zero-order chi connectivity index (χ0) is 12.1. The minimum Gasteiger partial charge on any atom is -0.354 e. The first-order chi connectivity index (χ1) is 8.21. The molecule has 106 valence electrons. The molecule has 0 aliphatic heterocycles. The summed E-state index contributed by atoms with van der Waals surface area (Å²) in [5, 5.41) is 3.05. The van der Waals surface area contributed by atoms with Gasteiger partial charge in [-0.1, -0.05) is 44.9 Å². The van der Waals surface area contributed by atoms with E-state index >= 15 is 0 Å². The standard InChI is InChI=1S/C14H26N2O.ClH/c15-14(9-4-5-10-14)13(17)16-11-8-12-6-2-1-3-7-12;/h12H,1-11,15H2,(H,16,17);1H. The average Bonchev–Trinajstić information content (AvgIpc) is 2.79. The Kier molecular flexibility index (Phi) is 6.44. The van der Waals surface area contributed by atoms with E-state index in [0.717, 1.165) is 44.6 Å². The maximum atomic E-state index is 12.0. The first kappa shape index (κ1) is 15.8. The van der Waals surface area contributed by atoms with E-state index in [1.807, 2.05) is 0 Å². The molecular formula is C14H27ClN2O. The predicted octanol–water partition coefficient (Wildman–Crippen LogP) is 2.77. The zero-order valence-electron chi connectivity index (χ0n) is 11.2. The number of hydrogen-bond donors (Lipinski definition) is 2. The van der Waals surface area contributed by atoms with Gasteiger partial charge in [0.05, 0.1) is 5.54 Å². The van der Waals surface area contributed by atoms with Gasteiger partial charge >= 0.3 is 0 Å². The van der Waals surface area contributed by atoms with Crippen molar-refractivity contribution in [3.63, 3.8) is 0 Å². The summed E-state index contributed by atoms with van der Waals surface area (Å²) in [6.07, 6.45) is 11.9. The van der Waals surface area contributed by atoms with Gasteiger partial charge in [-0.2, -0.15) is 0 Å².